The molecule has 0 spiro atoms. The molecule has 0 unspecified atom stereocenters. The van der Waals surface area contributed by atoms with Crippen LogP contribution in [0.5, 0.6) is 5.75 Å². The maximum absolute atomic E-state index is 12.3. The van der Waals surface area contributed by atoms with Crippen LogP contribution in [-0.4, -0.2) is 43.1 Å². The summed E-state index contributed by atoms with van der Waals surface area (Å²) in [5.74, 6) is 0.845. The molecule has 0 atom stereocenters. The van der Waals surface area contributed by atoms with E-state index in [2.05, 4.69) is 13.8 Å². The first-order chi connectivity index (χ1) is 11.5. The van der Waals surface area contributed by atoms with Gasteiger partial charge in [0, 0.05) is 13.1 Å². The Kier molecular flexibility index (Phi) is 6.64. The lowest BCUT2D eigenvalue weighted by atomic mass is 9.97. The van der Waals surface area contributed by atoms with E-state index >= 15 is 0 Å². The average Bonchev–Trinajstić information content (AvgIpc) is 2.60. The third-order valence-corrected chi connectivity index (χ3v) is 4.36. The fourth-order valence-electron chi connectivity index (χ4n) is 2.94. The van der Waals surface area contributed by atoms with E-state index in [-0.39, 0.29) is 24.4 Å². The molecule has 132 valence electrons. The molecule has 1 aliphatic rings. The van der Waals surface area contributed by atoms with E-state index < -0.39 is 0 Å². The highest BCUT2D eigenvalue weighted by Crippen LogP contribution is 2.26. The molecule has 0 N–H and O–H groups in total. The number of amides is 1. The van der Waals surface area contributed by atoms with Gasteiger partial charge in [-0.2, -0.15) is 0 Å². The lowest BCUT2D eigenvalue weighted by Gasteiger charge is -2.30. The Morgan fingerprint density at radius 3 is 2.50 bits per heavy atom. The first-order valence-corrected chi connectivity index (χ1v) is 8.69. The van der Waals surface area contributed by atoms with Gasteiger partial charge in [0.15, 0.2) is 6.61 Å². The minimum atomic E-state index is -0.147. The first kappa shape index (κ1) is 18.3. The summed E-state index contributed by atoms with van der Waals surface area (Å²) in [5.41, 5.74) is 1.10. The smallest absolute Gasteiger partial charge is 0.309 e. The van der Waals surface area contributed by atoms with Crippen molar-refractivity contribution in [1.29, 1.82) is 0 Å². The van der Waals surface area contributed by atoms with Crippen LogP contribution in [0.2, 0.25) is 0 Å². The third kappa shape index (κ3) is 4.73. The monoisotopic (exact) mass is 333 g/mol. The second kappa shape index (κ2) is 8.71. The molecular weight excluding hydrogens is 306 g/mol. The lowest BCUT2D eigenvalue weighted by molar-refractivity contribution is -0.151. The van der Waals surface area contributed by atoms with Crippen molar-refractivity contribution in [2.24, 2.45) is 5.92 Å². The molecule has 0 aromatic heterocycles. The minimum absolute atomic E-state index is 0.0316. The molecule has 0 bridgehead atoms. The number of hydrogen-bond acceptors (Lipinski definition) is 4. The SMILES string of the molecule is CCOC(=O)C1CCN(C(=O)COc2ccccc2C(C)C)CC1. The largest absolute Gasteiger partial charge is 0.483 e. The Bertz CT molecular complexity index is 562. The highest BCUT2D eigenvalue weighted by Gasteiger charge is 2.28. The minimum Gasteiger partial charge on any atom is -0.483 e. The number of carbonyl (C=O) groups is 2. The molecule has 0 saturated carbocycles. The Balaban J connectivity index is 1.83. The molecule has 1 saturated heterocycles. The van der Waals surface area contributed by atoms with Crippen LogP contribution in [0.15, 0.2) is 24.3 Å². The summed E-state index contributed by atoms with van der Waals surface area (Å²) in [6.07, 6.45) is 1.32. The van der Waals surface area contributed by atoms with Gasteiger partial charge in [-0.3, -0.25) is 9.59 Å². The Labute approximate surface area is 143 Å². The van der Waals surface area contributed by atoms with Gasteiger partial charge < -0.3 is 14.4 Å². The van der Waals surface area contributed by atoms with Gasteiger partial charge in [-0.15, -0.1) is 0 Å². The van der Waals surface area contributed by atoms with Crippen molar-refractivity contribution in [2.75, 3.05) is 26.3 Å². The topological polar surface area (TPSA) is 55.8 Å². The number of hydrogen-bond donors (Lipinski definition) is 0. The van der Waals surface area contributed by atoms with E-state index in [0.717, 1.165) is 11.3 Å². The second-order valence-electron chi connectivity index (χ2n) is 6.39. The van der Waals surface area contributed by atoms with Gasteiger partial charge in [0.2, 0.25) is 0 Å². The molecule has 1 heterocycles. The summed E-state index contributed by atoms with van der Waals surface area (Å²) in [6, 6.07) is 7.81. The maximum atomic E-state index is 12.3. The number of esters is 1. The van der Waals surface area contributed by atoms with Gasteiger partial charge in [0.25, 0.3) is 5.91 Å². The number of ether oxygens (including phenoxy) is 2. The fourth-order valence-corrected chi connectivity index (χ4v) is 2.94. The molecule has 1 aromatic rings. The molecule has 1 aliphatic heterocycles. The number of nitrogens with zero attached hydrogens (tertiary/aromatic N) is 1. The van der Waals surface area contributed by atoms with Crippen molar-refractivity contribution < 1.29 is 19.1 Å². The molecule has 2 rings (SSSR count). The zero-order valence-corrected chi connectivity index (χ0v) is 14.8. The first-order valence-electron chi connectivity index (χ1n) is 8.69. The summed E-state index contributed by atoms with van der Waals surface area (Å²) in [6.45, 7) is 7.61. The molecule has 1 amide bonds. The van der Waals surface area contributed by atoms with E-state index in [4.69, 9.17) is 9.47 Å². The molecule has 0 radical (unpaired) electrons. The van der Waals surface area contributed by atoms with Crippen molar-refractivity contribution >= 4 is 11.9 Å². The van der Waals surface area contributed by atoms with Crippen molar-refractivity contribution in [2.45, 2.75) is 39.5 Å². The van der Waals surface area contributed by atoms with E-state index in [1.807, 2.05) is 31.2 Å². The zero-order chi connectivity index (χ0) is 17.5. The number of piperidine rings is 1. The Hall–Kier alpha value is -2.04. The van der Waals surface area contributed by atoms with Crippen LogP contribution in [0.4, 0.5) is 0 Å². The number of para-hydroxylation sites is 1. The van der Waals surface area contributed by atoms with Crippen LogP contribution >= 0.6 is 0 Å². The van der Waals surface area contributed by atoms with E-state index in [1.165, 1.54) is 0 Å². The molecule has 0 aliphatic carbocycles. The van der Waals surface area contributed by atoms with E-state index in [0.29, 0.717) is 38.5 Å². The van der Waals surface area contributed by atoms with Gasteiger partial charge in [-0.1, -0.05) is 32.0 Å². The summed E-state index contributed by atoms with van der Waals surface area (Å²) < 4.78 is 10.8. The highest BCUT2D eigenvalue weighted by atomic mass is 16.5. The predicted molar refractivity (Wildman–Crippen MR) is 92.0 cm³/mol. The molecule has 5 nitrogen and oxygen atoms in total. The molecule has 5 heteroatoms. The van der Waals surface area contributed by atoms with Gasteiger partial charge in [0.1, 0.15) is 5.75 Å². The Morgan fingerprint density at radius 2 is 1.88 bits per heavy atom. The zero-order valence-electron chi connectivity index (χ0n) is 14.8. The fraction of sp³-hybridized carbons (Fsp3) is 0.579. The van der Waals surface area contributed by atoms with Crippen molar-refractivity contribution in [1.82, 2.24) is 4.90 Å². The van der Waals surface area contributed by atoms with Crippen molar-refractivity contribution in [3.63, 3.8) is 0 Å². The molecule has 1 fully saturated rings. The third-order valence-electron chi connectivity index (χ3n) is 4.36. The highest BCUT2D eigenvalue weighted by molar-refractivity contribution is 5.78. The van der Waals surface area contributed by atoms with E-state index in [9.17, 15) is 9.59 Å². The van der Waals surface area contributed by atoms with Gasteiger partial charge in [0.05, 0.1) is 12.5 Å². The predicted octanol–water partition coefficient (Wildman–Crippen LogP) is 2.99. The summed E-state index contributed by atoms with van der Waals surface area (Å²) in [7, 11) is 0. The number of likely N-dealkylation sites (tertiary alicyclic amines) is 1. The van der Waals surface area contributed by atoms with Crippen LogP contribution in [0, 0.1) is 5.92 Å². The van der Waals surface area contributed by atoms with Crippen molar-refractivity contribution in [3.8, 4) is 5.75 Å². The number of carbonyl (C=O) groups excluding carboxylic acids is 2. The molecule has 24 heavy (non-hydrogen) atoms. The number of rotatable bonds is 6. The van der Waals surface area contributed by atoms with Gasteiger partial charge in [-0.05, 0) is 37.3 Å². The normalized spacial score (nSPS) is 15.4. The maximum Gasteiger partial charge on any atom is 0.309 e. The summed E-state index contributed by atoms with van der Waals surface area (Å²) in [5, 5.41) is 0. The van der Waals surface area contributed by atoms with Crippen molar-refractivity contribution in [3.05, 3.63) is 29.8 Å². The van der Waals surface area contributed by atoms with E-state index in [1.54, 1.807) is 4.90 Å². The van der Waals surface area contributed by atoms with Crippen LogP contribution in [0.25, 0.3) is 0 Å². The number of benzene rings is 1. The second-order valence-corrected chi connectivity index (χ2v) is 6.39. The lowest BCUT2D eigenvalue weighted by Crippen LogP contribution is -2.42. The quantitative estimate of drug-likeness (QED) is 0.751. The summed E-state index contributed by atoms with van der Waals surface area (Å²) >= 11 is 0. The Morgan fingerprint density at radius 1 is 1.21 bits per heavy atom. The summed E-state index contributed by atoms with van der Waals surface area (Å²) in [4.78, 5) is 25.8. The standard InChI is InChI=1S/C19H27NO4/c1-4-23-19(22)15-9-11-20(12-10-15)18(21)13-24-17-8-6-5-7-16(17)14(2)3/h5-8,14-15H,4,9-13H2,1-3H3. The average molecular weight is 333 g/mol. The molecular formula is C19H27NO4. The van der Waals surface area contributed by atoms with Crippen LogP contribution < -0.4 is 4.74 Å². The van der Waals surface area contributed by atoms with Crippen LogP contribution in [0.1, 0.15) is 45.1 Å². The van der Waals surface area contributed by atoms with Crippen LogP contribution in [0.3, 0.4) is 0 Å². The van der Waals surface area contributed by atoms with Gasteiger partial charge in [-0.25, -0.2) is 0 Å². The molecule has 1 aromatic carbocycles. The van der Waals surface area contributed by atoms with Crippen LogP contribution in [-0.2, 0) is 14.3 Å². The van der Waals surface area contributed by atoms with Gasteiger partial charge >= 0.3 is 5.97 Å².